The van der Waals surface area contributed by atoms with Gasteiger partial charge in [-0.05, 0) is 29.6 Å². The van der Waals surface area contributed by atoms with Crippen LogP contribution >= 0.6 is 0 Å². The van der Waals surface area contributed by atoms with Crippen LogP contribution in [-0.4, -0.2) is 0 Å². The third-order valence-corrected chi connectivity index (χ3v) is 3.26. The Hall–Kier alpha value is 0. The molecule has 0 heteroatoms. The minimum atomic E-state index is 0.463. The monoisotopic (exact) mass is 184 g/mol. The van der Waals surface area contributed by atoms with E-state index in [2.05, 4.69) is 48.5 Å². The summed E-state index contributed by atoms with van der Waals surface area (Å²) >= 11 is 0. The molecule has 0 bridgehead atoms. The van der Waals surface area contributed by atoms with Crippen LogP contribution in [0.25, 0.3) is 0 Å². The second kappa shape index (κ2) is 4.48. The molecule has 0 saturated carbocycles. The van der Waals surface area contributed by atoms with E-state index in [0.717, 1.165) is 5.92 Å². The van der Waals surface area contributed by atoms with Crippen molar-refractivity contribution in [2.24, 2.45) is 16.7 Å². The molecule has 0 radical (unpaired) electrons. The van der Waals surface area contributed by atoms with E-state index >= 15 is 0 Å². The highest BCUT2D eigenvalue weighted by molar-refractivity contribution is 4.77. The summed E-state index contributed by atoms with van der Waals surface area (Å²) in [4.78, 5) is 0. The molecule has 0 saturated heterocycles. The predicted molar refractivity (Wildman–Crippen MR) is 61.9 cm³/mol. The lowest BCUT2D eigenvalue weighted by Gasteiger charge is -2.35. The van der Waals surface area contributed by atoms with Gasteiger partial charge in [0.05, 0.1) is 0 Å². The van der Waals surface area contributed by atoms with Gasteiger partial charge >= 0.3 is 0 Å². The Labute approximate surface area is 85.1 Å². The fourth-order valence-corrected chi connectivity index (χ4v) is 1.91. The largest absolute Gasteiger partial charge is 0.0654 e. The van der Waals surface area contributed by atoms with Crippen molar-refractivity contribution in [3.63, 3.8) is 0 Å². The van der Waals surface area contributed by atoms with E-state index in [1.807, 2.05) is 0 Å². The summed E-state index contributed by atoms with van der Waals surface area (Å²) < 4.78 is 0. The number of hydrogen-bond acceptors (Lipinski definition) is 0. The summed E-state index contributed by atoms with van der Waals surface area (Å²) in [7, 11) is 0. The van der Waals surface area contributed by atoms with E-state index in [9.17, 15) is 0 Å². The molecule has 0 aromatic rings. The fraction of sp³-hybridized carbons (Fsp3) is 1.00. The van der Waals surface area contributed by atoms with Gasteiger partial charge in [-0.1, -0.05) is 54.9 Å². The van der Waals surface area contributed by atoms with Gasteiger partial charge in [-0.15, -0.1) is 0 Å². The average Bonchev–Trinajstić information content (AvgIpc) is 1.83. The van der Waals surface area contributed by atoms with Crippen LogP contribution in [0.1, 0.15) is 67.7 Å². The molecule has 0 spiro atoms. The van der Waals surface area contributed by atoms with Gasteiger partial charge < -0.3 is 0 Å². The summed E-state index contributed by atoms with van der Waals surface area (Å²) in [6.07, 6.45) is 4.02. The van der Waals surface area contributed by atoms with Gasteiger partial charge in [0.2, 0.25) is 0 Å². The summed E-state index contributed by atoms with van der Waals surface area (Å²) in [6, 6.07) is 0. The summed E-state index contributed by atoms with van der Waals surface area (Å²) in [5.41, 5.74) is 0.993. The van der Waals surface area contributed by atoms with Crippen LogP contribution in [0, 0.1) is 16.7 Å². The van der Waals surface area contributed by atoms with Gasteiger partial charge in [-0.3, -0.25) is 0 Å². The van der Waals surface area contributed by atoms with E-state index in [0.29, 0.717) is 10.8 Å². The molecule has 1 atom stereocenters. The molecule has 1 unspecified atom stereocenters. The topological polar surface area (TPSA) is 0 Å². The van der Waals surface area contributed by atoms with Crippen molar-refractivity contribution in [1.29, 1.82) is 0 Å². The molecular weight excluding hydrogens is 156 g/mol. The molecule has 0 aliphatic rings. The van der Waals surface area contributed by atoms with Crippen molar-refractivity contribution >= 4 is 0 Å². The van der Waals surface area contributed by atoms with E-state index in [4.69, 9.17) is 0 Å². The Morgan fingerprint density at radius 2 is 1.46 bits per heavy atom. The molecule has 0 fully saturated rings. The molecule has 80 valence electrons. The highest BCUT2D eigenvalue weighted by Gasteiger charge is 2.27. The van der Waals surface area contributed by atoms with Crippen molar-refractivity contribution in [3.8, 4) is 0 Å². The molecular formula is C13H28. The smallest absolute Gasteiger partial charge is 0.0352 e. The van der Waals surface area contributed by atoms with Gasteiger partial charge in [0.1, 0.15) is 0 Å². The maximum absolute atomic E-state index is 2.40. The molecule has 0 aromatic carbocycles. The normalized spacial score (nSPS) is 15.9. The van der Waals surface area contributed by atoms with Crippen LogP contribution in [0.3, 0.4) is 0 Å². The van der Waals surface area contributed by atoms with E-state index < -0.39 is 0 Å². The minimum absolute atomic E-state index is 0.463. The first-order valence-electron chi connectivity index (χ1n) is 5.69. The lowest BCUT2D eigenvalue weighted by molar-refractivity contribution is 0.162. The Bertz CT molecular complexity index is 137. The maximum Gasteiger partial charge on any atom is -0.0352 e. The average molecular weight is 184 g/mol. The first-order chi connectivity index (χ1) is 5.69. The van der Waals surface area contributed by atoms with Crippen LogP contribution in [0.15, 0.2) is 0 Å². The Kier molecular flexibility index (Phi) is 4.48. The molecule has 0 rings (SSSR count). The van der Waals surface area contributed by atoms with Gasteiger partial charge in [-0.2, -0.15) is 0 Å². The van der Waals surface area contributed by atoms with Crippen LogP contribution in [0.4, 0.5) is 0 Å². The Balaban J connectivity index is 4.11. The molecule has 0 nitrogen and oxygen atoms in total. The van der Waals surface area contributed by atoms with Crippen LogP contribution in [0.2, 0.25) is 0 Å². The van der Waals surface area contributed by atoms with E-state index in [-0.39, 0.29) is 0 Å². The van der Waals surface area contributed by atoms with Gasteiger partial charge in [0.25, 0.3) is 0 Å². The lowest BCUT2D eigenvalue weighted by Crippen LogP contribution is -2.24. The summed E-state index contributed by atoms with van der Waals surface area (Å²) in [6.45, 7) is 16.5. The number of hydrogen-bond donors (Lipinski definition) is 0. The first kappa shape index (κ1) is 13.0. The van der Waals surface area contributed by atoms with Crippen molar-refractivity contribution < 1.29 is 0 Å². The predicted octanol–water partition coefficient (Wildman–Crippen LogP) is 4.89. The first-order valence-corrected chi connectivity index (χ1v) is 5.69. The minimum Gasteiger partial charge on any atom is -0.0654 e. The maximum atomic E-state index is 2.40. The third-order valence-electron chi connectivity index (χ3n) is 3.26. The summed E-state index contributed by atoms with van der Waals surface area (Å²) in [5.74, 6) is 0.814. The van der Waals surface area contributed by atoms with Crippen molar-refractivity contribution in [2.75, 3.05) is 0 Å². The zero-order chi connectivity index (χ0) is 10.7. The van der Waals surface area contributed by atoms with E-state index in [1.54, 1.807) is 0 Å². The zero-order valence-corrected chi connectivity index (χ0v) is 10.7. The van der Waals surface area contributed by atoms with Gasteiger partial charge in [-0.25, -0.2) is 0 Å². The molecule has 0 amide bonds. The molecule has 0 heterocycles. The van der Waals surface area contributed by atoms with Crippen LogP contribution in [-0.2, 0) is 0 Å². The fourth-order valence-electron chi connectivity index (χ4n) is 1.91. The Morgan fingerprint density at radius 3 is 1.77 bits per heavy atom. The van der Waals surface area contributed by atoms with Crippen LogP contribution < -0.4 is 0 Å². The van der Waals surface area contributed by atoms with E-state index in [1.165, 1.54) is 19.3 Å². The lowest BCUT2D eigenvalue weighted by atomic mass is 9.71. The Morgan fingerprint density at radius 1 is 1.00 bits per heavy atom. The van der Waals surface area contributed by atoms with Crippen molar-refractivity contribution in [3.05, 3.63) is 0 Å². The highest BCUT2D eigenvalue weighted by atomic mass is 14.3. The number of rotatable bonds is 4. The van der Waals surface area contributed by atoms with Crippen molar-refractivity contribution in [2.45, 2.75) is 67.7 Å². The molecule has 0 N–H and O–H groups in total. The second-order valence-corrected chi connectivity index (χ2v) is 6.39. The molecule has 0 aliphatic heterocycles. The summed E-state index contributed by atoms with van der Waals surface area (Å²) in [5, 5.41) is 0. The molecule has 0 aromatic heterocycles. The van der Waals surface area contributed by atoms with Gasteiger partial charge in [0, 0.05) is 0 Å². The quantitative estimate of drug-likeness (QED) is 0.584. The third kappa shape index (κ3) is 5.33. The van der Waals surface area contributed by atoms with Crippen molar-refractivity contribution in [1.82, 2.24) is 0 Å². The highest BCUT2D eigenvalue weighted by Crippen LogP contribution is 2.38. The standard InChI is InChI=1S/C13H28/c1-8-9-13(6,7)10-11(2)12(3,4)5/h11H,8-10H2,1-7H3. The SMILES string of the molecule is CCCC(C)(C)CC(C)C(C)(C)C. The molecule has 0 aliphatic carbocycles. The van der Waals surface area contributed by atoms with Crippen LogP contribution in [0.5, 0.6) is 0 Å². The molecule has 13 heavy (non-hydrogen) atoms. The van der Waals surface area contributed by atoms with Gasteiger partial charge in [0.15, 0.2) is 0 Å². The second-order valence-electron chi connectivity index (χ2n) is 6.39. The zero-order valence-electron chi connectivity index (χ0n) is 10.7.